The van der Waals surface area contributed by atoms with Crippen LogP contribution in [0.15, 0.2) is 104 Å². The molecule has 0 aliphatic carbocycles. The fourth-order valence-electron chi connectivity index (χ4n) is 5.51. The molecule has 206 valence electrons. The molecule has 4 aromatic carbocycles. The summed E-state index contributed by atoms with van der Waals surface area (Å²) in [6.07, 6.45) is 9.77. The fourth-order valence-corrected chi connectivity index (χ4v) is 5.51. The van der Waals surface area contributed by atoms with E-state index in [-0.39, 0.29) is 0 Å². The molecule has 7 nitrogen and oxygen atoms in total. The molecule has 0 atom stereocenters. The van der Waals surface area contributed by atoms with E-state index in [1.54, 1.807) is 6.33 Å². The Morgan fingerprint density at radius 1 is 0.524 bits per heavy atom. The SMILES string of the molecule is CCCc1ccc(-n2cnc3cc(-c4ncnc(-c5ccc6c(c5)ncn6-c5ccc(CCC)cc5)n4)ccc32)cc1. The highest BCUT2D eigenvalue weighted by Gasteiger charge is 2.12. The smallest absolute Gasteiger partial charge is 0.163 e. The Balaban J connectivity index is 1.17. The second-order valence-corrected chi connectivity index (χ2v) is 10.6. The topological polar surface area (TPSA) is 74.3 Å². The molecule has 0 saturated carbocycles. The first kappa shape index (κ1) is 25.8. The second kappa shape index (κ2) is 11.0. The Kier molecular flexibility index (Phi) is 6.76. The third-order valence-electron chi connectivity index (χ3n) is 7.69. The van der Waals surface area contributed by atoms with Gasteiger partial charge in [0, 0.05) is 22.5 Å². The van der Waals surface area contributed by atoms with Crippen molar-refractivity contribution in [3.63, 3.8) is 0 Å². The predicted octanol–water partition coefficient (Wildman–Crippen LogP) is 7.79. The van der Waals surface area contributed by atoms with Crippen LogP contribution >= 0.6 is 0 Å². The zero-order valence-corrected chi connectivity index (χ0v) is 23.8. The van der Waals surface area contributed by atoms with E-state index in [4.69, 9.17) is 4.98 Å². The first-order valence-electron chi connectivity index (χ1n) is 14.5. The lowest BCUT2D eigenvalue weighted by molar-refractivity contribution is 0.920. The van der Waals surface area contributed by atoms with Gasteiger partial charge in [0.1, 0.15) is 19.0 Å². The maximum atomic E-state index is 4.82. The predicted molar refractivity (Wildman–Crippen MR) is 168 cm³/mol. The highest BCUT2D eigenvalue weighted by atomic mass is 15.1. The summed E-state index contributed by atoms with van der Waals surface area (Å²) in [5.41, 5.74) is 10.5. The average molecular weight is 550 g/mol. The Labute approximate surface area is 244 Å². The number of aromatic nitrogens is 7. The van der Waals surface area contributed by atoms with Crippen LogP contribution in [0.1, 0.15) is 37.8 Å². The van der Waals surface area contributed by atoms with Crippen molar-refractivity contribution in [2.75, 3.05) is 0 Å². The van der Waals surface area contributed by atoms with Crippen LogP contribution in [0, 0.1) is 0 Å². The maximum absolute atomic E-state index is 4.82. The highest BCUT2D eigenvalue weighted by Crippen LogP contribution is 2.27. The molecule has 0 unspecified atom stereocenters. The molecular weight excluding hydrogens is 518 g/mol. The Morgan fingerprint density at radius 2 is 0.976 bits per heavy atom. The third kappa shape index (κ3) is 4.83. The molecule has 0 saturated heterocycles. The zero-order valence-electron chi connectivity index (χ0n) is 23.8. The Morgan fingerprint density at radius 3 is 1.40 bits per heavy atom. The van der Waals surface area contributed by atoms with Crippen LogP contribution in [0.4, 0.5) is 0 Å². The number of benzene rings is 4. The van der Waals surface area contributed by atoms with Crippen LogP contribution in [-0.4, -0.2) is 34.1 Å². The molecule has 3 heterocycles. The maximum Gasteiger partial charge on any atom is 0.163 e. The number of hydrogen-bond donors (Lipinski definition) is 0. The van der Waals surface area contributed by atoms with Gasteiger partial charge in [0.2, 0.25) is 0 Å². The van der Waals surface area contributed by atoms with Gasteiger partial charge in [-0.25, -0.2) is 24.9 Å². The van der Waals surface area contributed by atoms with E-state index in [9.17, 15) is 0 Å². The quantitative estimate of drug-likeness (QED) is 0.193. The van der Waals surface area contributed by atoms with Crippen molar-refractivity contribution in [1.82, 2.24) is 34.1 Å². The van der Waals surface area contributed by atoms with E-state index in [1.165, 1.54) is 11.1 Å². The molecule has 3 aromatic heterocycles. The van der Waals surface area contributed by atoms with Crippen molar-refractivity contribution in [1.29, 1.82) is 0 Å². The molecule has 7 aromatic rings. The van der Waals surface area contributed by atoms with E-state index in [2.05, 4.69) is 104 Å². The van der Waals surface area contributed by atoms with Crippen LogP contribution in [0.5, 0.6) is 0 Å². The first-order valence-corrected chi connectivity index (χ1v) is 14.5. The minimum Gasteiger partial charge on any atom is -0.299 e. The van der Waals surface area contributed by atoms with Crippen molar-refractivity contribution in [2.24, 2.45) is 0 Å². The molecule has 42 heavy (non-hydrogen) atoms. The number of nitrogens with zero attached hydrogens (tertiary/aromatic N) is 7. The summed E-state index contributed by atoms with van der Waals surface area (Å²) in [6.45, 7) is 4.40. The molecule has 0 amide bonds. The molecule has 0 spiro atoms. The Hall–Kier alpha value is -5.17. The van der Waals surface area contributed by atoms with E-state index in [1.807, 2.05) is 36.9 Å². The minimum atomic E-state index is 0.609. The molecule has 0 N–H and O–H groups in total. The summed E-state index contributed by atoms with van der Waals surface area (Å²) in [6, 6.07) is 29.7. The normalized spacial score (nSPS) is 11.5. The highest BCUT2D eigenvalue weighted by molar-refractivity contribution is 5.84. The van der Waals surface area contributed by atoms with Gasteiger partial charge in [0.25, 0.3) is 0 Å². The van der Waals surface area contributed by atoms with E-state index < -0.39 is 0 Å². The molecule has 0 aliphatic heterocycles. The number of imidazole rings is 2. The summed E-state index contributed by atoms with van der Waals surface area (Å²) in [5.74, 6) is 1.22. The standard InChI is InChI=1S/C35H31N7/c1-3-5-24-7-13-28(14-8-24)41-22-38-30-19-26(11-17-32(30)41)34-36-21-37-35(40-34)27-12-18-33-31(20-27)39-23-42(33)29-15-9-25(6-4-2)10-16-29/h7-23H,3-6H2,1-2H3. The van der Waals surface area contributed by atoms with Gasteiger partial charge >= 0.3 is 0 Å². The molecule has 0 bridgehead atoms. The van der Waals surface area contributed by atoms with Crippen molar-refractivity contribution in [3.8, 4) is 34.2 Å². The van der Waals surface area contributed by atoms with Crippen molar-refractivity contribution < 1.29 is 0 Å². The van der Waals surface area contributed by atoms with E-state index in [0.29, 0.717) is 11.6 Å². The van der Waals surface area contributed by atoms with E-state index in [0.717, 1.165) is 70.3 Å². The molecular formula is C35H31N7. The summed E-state index contributed by atoms with van der Waals surface area (Å²) in [4.78, 5) is 23.1. The number of aryl methyl sites for hydroxylation is 2. The van der Waals surface area contributed by atoms with Crippen molar-refractivity contribution >= 4 is 22.1 Å². The third-order valence-corrected chi connectivity index (χ3v) is 7.69. The zero-order chi connectivity index (χ0) is 28.5. The van der Waals surface area contributed by atoms with Crippen molar-refractivity contribution in [2.45, 2.75) is 39.5 Å². The lowest BCUT2D eigenvalue weighted by atomic mass is 10.1. The molecule has 7 rings (SSSR count). The summed E-state index contributed by atoms with van der Waals surface area (Å²) in [7, 11) is 0. The largest absolute Gasteiger partial charge is 0.299 e. The van der Waals surface area contributed by atoms with Crippen molar-refractivity contribution in [3.05, 3.63) is 115 Å². The van der Waals surface area contributed by atoms with Gasteiger partial charge in [0.15, 0.2) is 11.6 Å². The number of rotatable bonds is 8. The second-order valence-electron chi connectivity index (χ2n) is 10.6. The van der Waals surface area contributed by atoms with Crippen LogP contribution in [-0.2, 0) is 12.8 Å². The Bertz CT molecular complexity index is 1860. The van der Waals surface area contributed by atoms with Gasteiger partial charge in [-0.05, 0) is 84.6 Å². The van der Waals surface area contributed by atoms with Crippen LogP contribution in [0.2, 0.25) is 0 Å². The lowest BCUT2D eigenvalue weighted by Crippen LogP contribution is -1.96. The minimum absolute atomic E-state index is 0.609. The van der Waals surface area contributed by atoms with E-state index >= 15 is 0 Å². The van der Waals surface area contributed by atoms with Gasteiger partial charge in [-0.3, -0.25) is 9.13 Å². The lowest BCUT2D eigenvalue weighted by Gasteiger charge is -2.07. The van der Waals surface area contributed by atoms with Gasteiger partial charge < -0.3 is 0 Å². The summed E-state index contributed by atoms with van der Waals surface area (Å²) < 4.78 is 4.23. The van der Waals surface area contributed by atoms with Crippen LogP contribution in [0.3, 0.4) is 0 Å². The van der Waals surface area contributed by atoms with Crippen LogP contribution < -0.4 is 0 Å². The summed E-state index contributed by atoms with van der Waals surface area (Å²) >= 11 is 0. The number of fused-ring (bicyclic) bond motifs is 2. The monoisotopic (exact) mass is 549 g/mol. The van der Waals surface area contributed by atoms with Gasteiger partial charge in [-0.2, -0.15) is 0 Å². The number of hydrogen-bond acceptors (Lipinski definition) is 5. The van der Waals surface area contributed by atoms with Gasteiger partial charge in [-0.15, -0.1) is 0 Å². The van der Waals surface area contributed by atoms with Gasteiger partial charge in [0.05, 0.1) is 22.1 Å². The molecule has 0 aliphatic rings. The fraction of sp³-hybridized carbons (Fsp3) is 0.171. The van der Waals surface area contributed by atoms with Gasteiger partial charge in [-0.1, -0.05) is 51.0 Å². The molecule has 0 radical (unpaired) electrons. The first-order chi connectivity index (χ1) is 20.7. The average Bonchev–Trinajstić information content (AvgIpc) is 3.66. The van der Waals surface area contributed by atoms with Crippen LogP contribution in [0.25, 0.3) is 56.2 Å². The molecule has 7 heteroatoms. The molecule has 0 fully saturated rings. The summed E-state index contributed by atoms with van der Waals surface area (Å²) in [5, 5.41) is 0.